The molecule has 108 valence electrons. The van der Waals surface area contributed by atoms with Crippen LogP contribution < -0.4 is 11.1 Å². The number of rotatable bonds is 3. The summed E-state index contributed by atoms with van der Waals surface area (Å²) in [7, 11) is 0. The van der Waals surface area contributed by atoms with E-state index in [9.17, 15) is 9.18 Å². The van der Waals surface area contributed by atoms with E-state index in [1.807, 2.05) is 0 Å². The van der Waals surface area contributed by atoms with Gasteiger partial charge in [-0.05, 0) is 31.9 Å². The van der Waals surface area contributed by atoms with Crippen molar-refractivity contribution < 1.29 is 14.4 Å². The van der Waals surface area contributed by atoms with Crippen molar-refractivity contribution in [3.8, 4) is 0 Å². The molecule has 1 saturated carbocycles. The number of nitrogens with zero attached hydrogens (tertiary/aromatic N) is 1. The van der Waals surface area contributed by atoms with Crippen LogP contribution in [-0.2, 0) is 4.79 Å². The maximum absolute atomic E-state index is 13.5. The van der Waals surface area contributed by atoms with Crippen LogP contribution in [0.25, 0.3) is 0 Å². The Kier molecular flexibility index (Phi) is 3.92. The molecule has 0 unspecified atom stereocenters. The lowest BCUT2D eigenvalue weighted by Crippen LogP contribution is -2.45. The Morgan fingerprint density at radius 2 is 2.10 bits per heavy atom. The first-order chi connectivity index (χ1) is 9.51. The lowest BCUT2D eigenvalue weighted by atomic mass is 9.83. The molecular weight excluding hydrogens is 261 g/mol. The second-order valence-electron chi connectivity index (χ2n) is 5.14. The molecule has 1 aliphatic carbocycles. The summed E-state index contributed by atoms with van der Waals surface area (Å²) in [5.74, 6) is -0.812. The summed E-state index contributed by atoms with van der Waals surface area (Å²) in [6.07, 6.45) is 2.74. The zero-order chi connectivity index (χ0) is 14.8. The van der Waals surface area contributed by atoms with Gasteiger partial charge in [-0.1, -0.05) is 24.1 Å². The van der Waals surface area contributed by atoms with Crippen molar-refractivity contribution in [2.75, 3.05) is 5.32 Å². The minimum Gasteiger partial charge on any atom is -0.409 e. The number of anilines is 1. The number of carbonyl (C=O) groups excluding carboxylic acids is 1. The molecule has 0 radical (unpaired) electrons. The molecule has 0 saturated heterocycles. The van der Waals surface area contributed by atoms with Crippen LogP contribution in [0, 0.1) is 18.2 Å². The summed E-state index contributed by atoms with van der Waals surface area (Å²) in [6, 6.07) is 4.49. The Balaban J connectivity index is 2.28. The molecule has 1 aliphatic rings. The number of amidine groups is 1. The average molecular weight is 279 g/mol. The Bertz CT molecular complexity index is 551. The third-order valence-corrected chi connectivity index (χ3v) is 4.01. The van der Waals surface area contributed by atoms with Crippen molar-refractivity contribution in [1.82, 2.24) is 0 Å². The van der Waals surface area contributed by atoms with Gasteiger partial charge in [-0.3, -0.25) is 4.79 Å². The Morgan fingerprint density at radius 3 is 2.70 bits per heavy atom. The molecule has 4 N–H and O–H groups in total. The van der Waals surface area contributed by atoms with E-state index < -0.39 is 5.41 Å². The molecule has 1 aromatic rings. The minimum absolute atomic E-state index is 0.0819. The molecule has 0 heterocycles. The molecule has 0 aromatic heterocycles. The number of hydrogen-bond donors (Lipinski definition) is 3. The van der Waals surface area contributed by atoms with Crippen LogP contribution in [-0.4, -0.2) is 17.0 Å². The Hall–Kier alpha value is -2.11. The molecule has 20 heavy (non-hydrogen) atoms. The molecule has 1 aromatic carbocycles. The van der Waals surface area contributed by atoms with Gasteiger partial charge in [0.2, 0.25) is 5.91 Å². The van der Waals surface area contributed by atoms with Gasteiger partial charge in [-0.25, -0.2) is 4.39 Å². The monoisotopic (exact) mass is 279 g/mol. The predicted molar refractivity (Wildman–Crippen MR) is 74.1 cm³/mol. The van der Waals surface area contributed by atoms with E-state index in [2.05, 4.69) is 10.5 Å². The number of hydrogen-bond acceptors (Lipinski definition) is 3. The van der Waals surface area contributed by atoms with Gasteiger partial charge < -0.3 is 16.3 Å². The summed E-state index contributed by atoms with van der Waals surface area (Å²) in [5, 5.41) is 14.6. The topological polar surface area (TPSA) is 87.7 Å². The third-order valence-electron chi connectivity index (χ3n) is 4.01. The molecule has 0 aliphatic heterocycles. The van der Waals surface area contributed by atoms with E-state index in [-0.39, 0.29) is 17.6 Å². The number of carbonyl (C=O) groups is 1. The van der Waals surface area contributed by atoms with Crippen molar-refractivity contribution >= 4 is 17.4 Å². The van der Waals surface area contributed by atoms with Gasteiger partial charge in [-0.2, -0.15) is 0 Å². The second kappa shape index (κ2) is 5.48. The first kappa shape index (κ1) is 14.3. The van der Waals surface area contributed by atoms with E-state index in [0.29, 0.717) is 24.1 Å². The van der Waals surface area contributed by atoms with Crippen LogP contribution in [0.4, 0.5) is 10.1 Å². The van der Waals surface area contributed by atoms with Crippen molar-refractivity contribution in [3.63, 3.8) is 0 Å². The quantitative estimate of drug-likeness (QED) is 0.343. The van der Waals surface area contributed by atoms with E-state index in [1.165, 1.54) is 12.1 Å². The number of benzene rings is 1. The van der Waals surface area contributed by atoms with Crippen molar-refractivity contribution in [2.24, 2.45) is 16.3 Å². The van der Waals surface area contributed by atoms with Gasteiger partial charge in [0.25, 0.3) is 0 Å². The van der Waals surface area contributed by atoms with Crippen LogP contribution in [0.3, 0.4) is 0 Å². The van der Waals surface area contributed by atoms with Crippen molar-refractivity contribution in [2.45, 2.75) is 32.6 Å². The number of nitrogens with two attached hydrogens (primary N) is 1. The van der Waals surface area contributed by atoms with Gasteiger partial charge in [0.05, 0.1) is 0 Å². The first-order valence-corrected chi connectivity index (χ1v) is 6.56. The number of halogens is 1. The normalized spacial score (nSPS) is 18.0. The molecule has 1 fully saturated rings. The predicted octanol–water partition coefficient (Wildman–Crippen LogP) is 2.38. The van der Waals surface area contributed by atoms with Gasteiger partial charge in [0, 0.05) is 11.3 Å². The number of amides is 1. The summed E-state index contributed by atoms with van der Waals surface area (Å²) >= 11 is 0. The Labute approximate surface area is 116 Å². The maximum atomic E-state index is 13.5. The fourth-order valence-corrected chi connectivity index (χ4v) is 2.66. The molecule has 2 rings (SSSR count). The SMILES string of the molecule is Cc1c(F)cccc1NC(=O)C1(C(N)=NO)CCCC1. The highest BCUT2D eigenvalue weighted by molar-refractivity contribution is 6.12. The first-order valence-electron chi connectivity index (χ1n) is 6.56. The number of nitrogens with one attached hydrogen (secondary N) is 1. The largest absolute Gasteiger partial charge is 0.409 e. The van der Waals surface area contributed by atoms with E-state index >= 15 is 0 Å². The van der Waals surface area contributed by atoms with Gasteiger partial charge in [0.1, 0.15) is 11.2 Å². The van der Waals surface area contributed by atoms with E-state index in [0.717, 1.165) is 12.8 Å². The second-order valence-corrected chi connectivity index (χ2v) is 5.14. The van der Waals surface area contributed by atoms with Crippen molar-refractivity contribution in [3.05, 3.63) is 29.6 Å². The standard InChI is InChI=1S/C14H18FN3O2/c1-9-10(15)5-4-6-11(9)17-13(19)14(12(16)18-20)7-2-3-8-14/h4-6,20H,2-3,7-8H2,1H3,(H2,16,18)(H,17,19). The molecule has 0 bridgehead atoms. The highest BCUT2D eigenvalue weighted by Gasteiger charge is 2.45. The molecule has 5 nitrogen and oxygen atoms in total. The number of oxime groups is 1. The van der Waals surface area contributed by atoms with Crippen LogP contribution in [0.5, 0.6) is 0 Å². The molecule has 0 spiro atoms. The fraction of sp³-hybridized carbons (Fsp3) is 0.429. The lowest BCUT2D eigenvalue weighted by molar-refractivity contribution is -0.122. The summed E-state index contributed by atoms with van der Waals surface area (Å²) in [5.41, 5.74) is 5.49. The summed E-state index contributed by atoms with van der Waals surface area (Å²) < 4.78 is 13.5. The molecule has 6 heteroatoms. The third kappa shape index (κ3) is 2.33. The lowest BCUT2D eigenvalue weighted by Gasteiger charge is -2.26. The van der Waals surface area contributed by atoms with Gasteiger partial charge in [-0.15, -0.1) is 0 Å². The van der Waals surface area contributed by atoms with Crippen molar-refractivity contribution in [1.29, 1.82) is 0 Å². The fourth-order valence-electron chi connectivity index (χ4n) is 2.66. The van der Waals surface area contributed by atoms with Crippen LogP contribution in [0.1, 0.15) is 31.2 Å². The van der Waals surface area contributed by atoms with E-state index in [1.54, 1.807) is 13.0 Å². The highest BCUT2D eigenvalue weighted by Crippen LogP contribution is 2.39. The zero-order valence-electron chi connectivity index (χ0n) is 11.3. The van der Waals surface area contributed by atoms with Crippen LogP contribution in [0.15, 0.2) is 23.4 Å². The maximum Gasteiger partial charge on any atom is 0.238 e. The van der Waals surface area contributed by atoms with E-state index in [4.69, 9.17) is 10.9 Å². The van der Waals surface area contributed by atoms with Gasteiger partial charge >= 0.3 is 0 Å². The molecule has 1 amide bonds. The highest BCUT2D eigenvalue weighted by atomic mass is 19.1. The minimum atomic E-state index is -0.993. The zero-order valence-corrected chi connectivity index (χ0v) is 11.3. The van der Waals surface area contributed by atoms with Gasteiger partial charge in [0.15, 0.2) is 5.84 Å². The van der Waals surface area contributed by atoms with Crippen LogP contribution in [0.2, 0.25) is 0 Å². The summed E-state index contributed by atoms with van der Waals surface area (Å²) in [6.45, 7) is 1.59. The molecule has 0 atom stereocenters. The average Bonchev–Trinajstić information content (AvgIpc) is 2.93. The molecular formula is C14H18FN3O2. The Morgan fingerprint density at radius 1 is 1.45 bits per heavy atom. The van der Waals surface area contributed by atoms with Crippen LogP contribution >= 0.6 is 0 Å². The summed E-state index contributed by atoms with van der Waals surface area (Å²) in [4.78, 5) is 12.5. The smallest absolute Gasteiger partial charge is 0.238 e.